The molecular formula is C34H31N5O5. The number of nitrogens with zero attached hydrogens (tertiary/aromatic N) is 2. The van der Waals surface area contributed by atoms with E-state index in [-0.39, 0.29) is 11.8 Å². The summed E-state index contributed by atoms with van der Waals surface area (Å²) in [6.07, 6.45) is 1.52. The fourth-order valence-electron chi connectivity index (χ4n) is 6.63. The Morgan fingerprint density at radius 1 is 1.02 bits per heavy atom. The Hall–Kier alpha value is -5.09. The number of rotatable bonds is 4. The predicted molar refractivity (Wildman–Crippen MR) is 162 cm³/mol. The number of ether oxygens (including phenoxy) is 2. The van der Waals surface area contributed by atoms with Gasteiger partial charge in [-0.1, -0.05) is 44.2 Å². The number of nitrogens with one attached hydrogen (secondary N) is 2. The lowest BCUT2D eigenvalue weighted by Crippen LogP contribution is -2.45. The SMILES string of the molecule is COc1ccc(-c2cnc(-c3nc4oc3C35c6ccccc6NC3Oc3ccc(cc35)C[C@H](N)C(=O)N[C@H]4C(C)C)o2)cc1. The summed E-state index contributed by atoms with van der Waals surface area (Å²) in [6, 6.07) is 20.3. The summed E-state index contributed by atoms with van der Waals surface area (Å²) in [5, 5.41) is 6.68. The van der Waals surface area contributed by atoms with Crippen molar-refractivity contribution in [3.63, 3.8) is 0 Å². The van der Waals surface area contributed by atoms with Crippen LogP contribution in [0.25, 0.3) is 22.9 Å². The number of hydrogen-bond donors (Lipinski definition) is 3. The van der Waals surface area contributed by atoms with Crippen molar-refractivity contribution in [1.82, 2.24) is 15.3 Å². The Morgan fingerprint density at radius 3 is 2.64 bits per heavy atom. The van der Waals surface area contributed by atoms with Gasteiger partial charge in [0, 0.05) is 16.8 Å². The third-order valence-corrected chi connectivity index (χ3v) is 8.85. The van der Waals surface area contributed by atoms with Crippen LogP contribution in [0.2, 0.25) is 0 Å². The molecule has 2 unspecified atom stereocenters. The van der Waals surface area contributed by atoms with Gasteiger partial charge in [0.2, 0.25) is 17.7 Å². The van der Waals surface area contributed by atoms with Gasteiger partial charge in [0.1, 0.15) is 23.0 Å². The summed E-state index contributed by atoms with van der Waals surface area (Å²) in [5.74, 6) is 2.86. The molecule has 10 nitrogen and oxygen atoms in total. The maximum Gasteiger partial charge on any atom is 0.249 e. The molecule has 1 amide bonds. The van der Waals surface area contributed by atoms with Crippen LogP contribution in [-0.2, 0) is 16.6 Å². The minimum atomic E-state index is -0.925. The molecule has 5 aromatic rings. The van der Waals surface area contributed by atoms with Crippen molar-refractivity contribution in [3.8, 4) is 34.4 Å². The maximum absolute atomic E-state index is 13.3. The fraction of sp³-hybridized carbons (Fsp3) is 0.265. The topological polar surface area (TPSA) is 138 Å². The molecule has 0 aliphatic carbocycles. The number of fused-ring (bicyclic) bond motifs is 4. The number of carbonyl (C=O) groups excluding carboxylic acids is 1. The standard InChI is InChI=1S/C34H31N5O5/c1-17(2)27-32-39-28(31-36-16-26(42-31)19-9-11-20(41-3)12-10-19)29(44-32)34-21-6-4-5-7-24(21)37-33(34)43-25-13-8-18(14-22(25)34)15-23(35)30(40)38-27/h4-14,16-17,23,27,33,37H,15,35H2,1-3H3,(H,38,40)/t23-,27-,33?,34?/m0/s1. The second kappa shape index (κ2) is 9.72. The number of carbonyl (C=O) groups is 1. The van der Waals surface area contributed by atoms with Gasteiger partial charge in [0.05, 0.1) is 19.3 Å². The summed E-state index contributed by atoms with van der Waals surface area (Å²) in [4.78, 5) is 23.0. The molecule has 4 atom stereocenters. The Labute approximate surface area is 253 Å². The highest BCUT2D eigenvalue weighted by molar-refractivity contribution is 5.82. The van der Waals surface area contributed by atoms with E-state index >= 15 is 0 Å². The Kier molecular flexibility index (Phi) is 5.86. The lowest BCUT2D eigenvalue weighted by atomic mass is 9.72. The first kappa shape index (κ1) is 26.5. The average molecular weight is 590 g/mol. The van der Waals surface area contributed by atoms with E-state index in [1.165, 1.54) is 0 Å². The predicted octanol–water partition coefficient (Wildman–Crippen LogP) is 5.18. The highest BCUT2D eigenvalue weighted by Crippen LogP contribution is 2.59. The Balaban J connectivity index is 1.40. The molecule has 3 aromatic carbocycles. The molecule has 5 heterocycles. The molecule has 0 radical (unpaired) electrons. The van der Waals surface area contributed by atoms with Gasteiger partial charge in [0.25, 0.3) is 0 Å². The molecule has 4 bridgehead atoms. The van der Waals surface area contributed by atoms with Gasteiger partial charge >= 0.3 is 0 Å². The van der Waals surface area contributed by atoms with Crippen LogP contribution in [-0.4, -0.2) is 35.3 Å². The van der Waals surface area contributed by atoms with E-state index in [0.717, 1.165) is 33.7 Å². The normalized spacial score (nSPS) is 23.1. The van der Waals surface area contributed by atoms with Crippen LogP contribution >= 0.6 is 0 Å². The summed E-state index contributed by atoms with van der Waals surface area (Å²) >= 11 is 0. The highest BCUT2D eigenvalue weighted by atomic mass is 16.5. The third kappa shape index (κ3) is 3.80. The molecule has 3 aliphatic rings. The van der Waals surface area contributed by atoms with Gasteiger partial charge in [-0.05, 0) is 59.9 Å². The molecule has 222 valence electrons. The molecule has 2 aromatic heterocycles. The summed E-state index contributed by atoms with van der Waals surface area (Å²) in [5.41, 5.74) is 10.5. The maximum atomic E-state index is 13.3. The van der Waals surface area contributed by atoms with Crippen LogP contribution in [0, 0.1) is 5.92 Å². The number of nitrogens with two attached hydrogens (primary N) is 1. The number of methoxy groups -OCH3 is 1. The zero-order valence-corrected chi connectivity index (χ0v) is 24.5. The minimum Gasteiger partial charge on any atom is -0.497 e. The second-order valence-electron chi connectivity index (χ2n) is 11.9. The van der Waals surface area contributed by atoms with Gasteiger partial charge in [-0.3, -0.25) is 4.79 Å². The third-order valence-electron chi connectivity index (χ3n) is 8.85. The quantitative estimate of drug-likeness (QED) is 0.259. The first-order chi connectivity index (χ1) is 21.4. The lowest BCUT2D eigenvalue weighted by Gasteiger charge is -2.28. The second-order valence-corrected chi connectivity index (χ2v) is 11.9. The zero-order valence-electron chi connectivity index (χ0n) is 24.5. The number of benzene rings is 3. The van der Waals surface area contributed by atoms with Crippen molar-refractivity contribution < 1.29 is 23.1 Å². The van der Waals surface area contributed by atoms with Gasteiger partial charge in [0.15, 0.2) is 23.4 Å². The fourth-order valence-corrected chi connectivity index (χ4v) is 6.63. The van der Waals surface area contributed by atoms with Crippen molar-refractivity contribution in [1.29, 1.82) is 0 Å². The van der Waals surface area contributed by atoms with Crippen molar-refractivity contribution >= 4 is 11.6 Å². The van der Waals surface area contributed by atoms with Crippen LogP contribution in [0.4, 0.5) is 5.69 Å². The number of amides is 1. The summed E-state index contributed by atoms with van der Waals surface area (Å²) in [7, 11) is 1.63. The molecular weight excluding hydrogens is 558 g/mol. The van der Waals surface area contributed by atoms with E-state index in [9.17, 15) is 4.79 Å². The highest BCUT2D eigenvalue weighted by Gasteiger charge is 2.61. The van der Waals surface area contributed by atoms with Crippen LogP contribution in [0.3, 0.4) is 0 Å². The van der Waals surface area contributed by atoms with E-state index in [1.54, 1.807) is 13.3 Å². The van der Waals surface area contributed by atoms with Crippen molar-refractivity contribution in [2.45, 2.75) is 44.0 Å². The Bertz CT molecular complexity index is 1910. The van der Waals surface area contributed by atoms with E-state index in [0.29, 0.717) is 41.2 Å². The van der Waals surface area contributed by atoms with Crippen LogP contribution in [0.1, 0.15) is 48.2 Å². The summed E-state index contributed by atoms with van der Waals surface area (Å²) < 4.78 is 25.1. The van der Waals surface area contributed by atoms with Crippen LogP contribution < -0.4 is 25.8 Å². The average Bonchev–Trinajstić information content (AvgIpc) is 3.80. The van der Waals surface area contributed by atoms with Gasteiger partial charge in [-0.15, -0.1) is 0 Å². The van der Waals surface area contributed by atoms with Gasteiger partial charge in [-0.2, -0.15) is 0 Å². The number of oxazole rings is 2. The van der Waals surface area contributed by atoms with Crippen LogP contribution in [0.5, 0.6) is 11.5 Å². The number of para-hydroxylation sites is 1. The minimum absolute atomic E-state index is 0.0524. The lowest BCUT2D eigenvalue weighted by molar-refractivity contribution is -0.123. The molecule has 44 heavy (non-hydrogen) atoms. The number of anilines is 1. The first-order valence-corrected chi connectivity index (χ1v) is 14.7. The molecule has 4 N–H and O–H groups in total. The number of aromatic nitrogens is 2. The van der Waals surface area contributed by atoms with E-state index in [2.05, 4.69) is 22.8 Å². The monoisotopic (exact) mass is 589 g/mol. The Morgan fingerprint density at radius 2 is 1.84 bits per heavy atom. The summed E-state index contributed by atoms with van der Waals surface area (Å²) in [6.45, 7) is 4.01. The largest absolute Gasteiger partial charge is 0.497 e. The molecule has 0 fully saturated rings. The number of hydrogen-bond acceptors (Lipinski definition) is 9. The van der Waals surface area contributed by atoms with Crippen molar-refractivity contribution in [3.05, 3.63) is 101 Å². The van der Waals surface area contributed by atoms with Gasteiger partial charge < -0.3 is 34.7 Å². The van der Waals surface area contributed by atoms with Gasteiger partial charge in [-0.25, -0.2) is 9.97 Å². The first-order valence-electron chi connectivity index (χ1n) is 14.7. The van der Waals surface area contributed by atoms with Crippen molar-refractivity contribution in [2.75, 3.05) is 12.4 Å². The molecule has 8 rings (SSSR count). The molecule has 0 saturated carbocycles. The molecule has 3 aliphatic heterocycles. The smallest absolute Gasteiger partial charge is 0.249 e. The molecule has 10 heteroatoms. The molecule has 0 saturated heterocycles. The van der Waals surface area contributed by atoms with Crippen molar-refractivity contribution in [2.24, 2.45) is 11.7 Å². The van der Waals surface area contributed by atoms with Crippen LogP contribution in [0.15, 0.2) is 81.8 Å². The van der Waals surface area contributed by atoms with E-state index in [1.807, 2.05) is 68.4 Å². The molecule has 1 spiro atoms. The zero-order chi connectivity index (χ0) is 30.2. The van der Waals surface area contributed by atoms with E-state index in [4.69, 9.17) is 34.0 Å². The van der Waals surface area contributed by atoms with E-state index < -0.39 is 23.7 Å².